The Bertz CT molecular complexity index is 142. The highest BCUT2D eigenvalue weighted by atomic mass is 16.6. The van der Waals surface area contributed by atoms with E-state index in [2.05, 4.69) is 12.2 Å². The topological polar surface area (TPSA) is 49.0 Å². The monoisotopic (exact) mass is 277 g/mol. The zero-order valence-corrected chi connectivity index (χ0v) is 12.6. The van der Waals surface area contributed by atoms with E-state index in [0.29, 0.717) is 39.6 Å². The molecular formula is C14H31NO4. The van der Waals surface area contributed by atoms with Gasteiger partial charge in [0.15, 0.2) is 0 Å². The van der Waals surface area contributed by atoms with E-state index in [9.17, 15) is 0 Å². The molecule has 0 atom stereocenters. The molecule has 0 rings (SSSR count). The molecule has 0 fully saturated rings. The predicted octanol–water partition coefficient (Wildman–Crippen LogP) is 1.46. The maximum absolute atomic E-state index is 5.48. The molecule has 1 N–H and O–H groups in total. The van der Waals surface area contributed by atoms with Gasteiger partial charge in [0.25, 0.3) is 0 Å². The van der Waals surface area contributed by atoms with Crippen molar-refractivity contribution in [3.8, 4) is 0 Å². The molecule has 0 amide bonds. The number of ether oxygens (including phenoxy) is 4. The molecule has 5 nitrogen and oxygen atoms in total. The van der Waals surface area contributed by atoms with E-state index in [1.54, 1.807) is 7.11 Å². The van der Waals surface area contributed by atoms with Crippen molar-refractivity contribution in [3.63, 3.8) is 0 Å². The molecule has 116 valence electrons. The van der Waals surface area contributed by atoms with E-state index in [1.807, 2.05) is 0 Å². The summed E-state index contributed by atoms with van der Waals surface area (Å²) in [5, 5.41) is 3.31. The van der Waals surface area contributed by atoms with Gasteiger partial charge >= 0.3 is 0 Å². The first-order valence-electron chi connectivity index (χ1n) is 7.34. The van der Waals surface area contributed by atoms with Crippen LogP contribution in [0.2, 0.25) is 0 Å². The zero-order chi connectivity index (χ0) is 14.0. The van der Waals surface area contributed by atoms with Crippen molar-refractivity contribution in [2.45, 2.75) is 26.2 Å². The fraction of sp³-hybridized carbons (Fsp3) is 1.00. The van der Waals surface area contributed by atoms with Crippen LogP contribution in [0.3, 0.4) is 0 Å². The summed E-state index contributed by atoms with van der Waals surface area (Å²) < 4.78 is 21.0. The number of rotatable bonds is 16. The van der Waals surface area contributed by atoms with Gasteiger partial charge in [0.1, 0.15) is 0 Å². The van der Waals surface area contributed by atoms with E-state index in [4.69, 9.17) is 18.9 Å². The average molecular weight is 277 g/mol. The molecule has 0 radical (unpaired) electrons. The normalized spacial score (nSPS) is 11.1. The third-order valence-corrected chi connectivity index (χ3v) is 2.57. The van der Waals surface area contributed by atoms with Crippen LogP contribution < -0.4 is 5.32 Å². The molecule has 0 saturated carbocycles. The molecule has 0 aliphatic rings. The Hall–Kier alpha value is -0.200. The van der Waals surface area contributed by atoms with Crippen molar-refractivity contribution >= 4 is 0 Å². The minimum absolute atomic E-state index is 0.619. The molecule has 0 heterocycles. The van der Waals surface area contributed by atoms with Gasteiger partial charge in [-0.1, -0.05) is 6.92 Å². The van der Waals surface area contributed by atoms with Crippen molar-refractivity contribution in [2.75, 3.05) is 66.4 Å². The summed E-state index contributed by atoms with van der Waals surface area (Å²) >= 11 is 0. The van der Waals surface area contributed by atoms with Gasteiger partial charge in [0.2, 0.25) is 0 Å². The Morgan fingerprint density at radius 3 is 1.84 bits per heavy atom. The Labute approximate surface area is 117 Å². The second-order valence-electron chi connectivity index (χ2n) is 4.24. The number of hydrogen-bond acceptors (Lipinski definition) is 5. The number of methoxy groups -OCH3 is 1. The lowest BCUT2D eigenvalue weighted by molar-refractivity contribution is 0.00325. The van der Waals surface area contributed by atoms with Crippen LogP contribution in [0.4, 0.5) is 0 Å². The maximum atomic E-state index is 5.48. The standard InChI is InChI=1S/C14H31NO4/c1-3-15-7-5-4-6-8-17-11-12-19-14-13-18-10-9-16-2/h15H,3-14H2,1-2H3. The Kier molecular flexibility index (Phi) is 17.6. The Morgan fingerprint density at radius 2 is 1.26 bits per heavy atom. The molecule has 0 saturated heterocycles. The van der Waals surface area contributed by atoms with Crippen molar-refractivity contribution in [3.05, 3.63) is 0 Å². The molecule has 0 aromatic rings. The maximum Gasteiger partial charge on any atom is 0.0701 e. The van der Waals surface area contributed by atoms with Gasteiger partial charge in [-0.15, -0.1) is 0 Å². The SMILES string of the molecule is CCNCCCCCOCCOCCOCCOC. The smallest absolute Gasteiger partial charge is 0.0701 e. The lowest BCUT2D eigenvalue weighted by atomic mass is 10.2. The van der Waals surface area contributed by atoms with Gasteiger partial charge in [-0.05, 0) is 32.4 Å². The summed E-state index contributed by atoms with van der Waals surface area (Å²) in [5.74, 6) is 0. The van der Waals surface area contributed by atoms with Gasteiger partial charge in [0.05, 0.1) is 39.6 Å². The van der Waals surface area contributed by atoms with E-state index in [0.717, 1.165) is 26.1 Å². The van der Waals surface area contributed by atoms with E-state index in [-0.39, 0.29) is 0 Å². The van der Waals surface area contributed by atoms with Crippen molar-refractivity contribution in [2.24, 2.45) is 0 Å². The van der Waals surface area contributed by atoms with Crippen LogP contribution in [-0.4, -0.2) is 66.4 Å². The van der Waals surface area contributed by atoms with Crippen LogP contribution >= 0.6 is 0 Å². The number of hydrogen-bond donors (Lipinski definition) is 1. The fourth-order valence-electron chi connectivity index (χ4n) is 1.49. The lowest BCUT2D eigenvalue weighted by Crippen LogP contribution is -2.14. The molecule has 5 heteroatoms. The summed E-state index contributed by atoms with van der Waals surface area (Å²) in [4.78, 5) is 0. The zero-order valence-electron chi connectivity index (χ0n) is 12.6. The van der Waals surface area contributed by atoms with E-state index >= 15 is 0 Å². The van der Waals surface area contributed by atoms with Crippen molar-refractivity contribution in [1.82, 2.24) is 5.32 Å². The van der Waals surface area contributed by atoms with Crippen LogP contribution in [0, 0.1) is 0 Å². The first-order valence-corrected chi connectivity index (χ1v) is 7.34. The fourth-order valence-corrected chi connectivity index (χ4v) is 1.49. The van der Waals surface area contributed by atoms with Crippen LogP contribution in [0.5, 0.6) is 0 Å². The second-order valence-corrected chi connectivity index (χ2v) is 4.24. The van der Waals surface area contributed by atoms with Gasteiger partial charge in [-0.25, -0.2) is 0 Å². The molecule has 0 bridgehead atoms. The quantitative estimate of drug-likeness (QED) is 0.433. The number of unbranched alkanes of at least 4 members (excludes halogenated alkanes) is 2. The molecule has 19 heavy (non-hydrogen) atoms. The van der Waals surface area contributed by atoms with Crippen LogP contribution in [0.1, 0.15) is 26.2 Å². The average Bonchev–Trinajstić information content (AvgIpc) is 2.43. The lowest BCUT2D eigenvalue weighted by Gasteiger charge is -2.06. The first-order chi connectivity index (χ1) is 9.41. The third-order valence-electron chi connectivity index (χ3n) is 2.57. The predicted molar refractivity (Wildman–Crippen MR) is 76.7 cm³/mol. The third kappa shape index (κ3) is 17.8. The molecule has 0 aliphatic heterocycles. The van der Waals surface area contributed by atoms with Gasteiger partial charge < -0.3 is 24.3 Å². The molecule has 0 unspecified atom stereocenters. The molecule has 0 spiro atoms. The highest BCUT2D eigenvalue weighted by Gasteiger charge is 1.92. The molecular weight excluding hydrogens is 246 g/mol. The largest absolute Gasteiger partial charge is 0.382 e. The highest BCUT2D eigenvalue weighted by Crippen LogP contribution is 1.94. The first kappa shape index (κ1) is 18.8. The van der Waals surface area contributed by atoms with Crippen molar-refractivity contribution < 1.29 is 18.9 Å². The van der Waals surface area contributed by atoms with Gasteiger partial charge in [-0.2, -0.15) is 0 Å². The molecule has 0 aromatic carbocycles. The summed E-state index contributed by atoms with van der Waals surface area (Å²) in [6.07, 6.45) is 3.58. The Balaban J connectivity index is 2.88. The van der Waals surface area contributed by atoms with Gasteiger partial charge in [0, 0.05) is 13.7 Å². The minimum atomic E-state index is 0.619. The van der Waals surface area contributed by atoms with Crippen LogP contribution in [0.15, 0.2) is 0 Å². The van der Waals surface area contributed by atoms with Gasteiger partial charge in [-0.3, -0.25) is 0 Å². The Morgan fingerprint density at radius 1 is 0.684 bits per heavy atom. The molecule has 0 aromatic heterocycles. The summed E-state index contributed by atoms with van der Waals surface area (Å²) in [6, 6.07) is 0. The number of nitrogens with one attached hydrogen (secondary N) is 1. The van der Waals surface area contributed by atoms with E-state index in [1.165, 1.54) is 12.8 Å². The van der Waals surface area contributed by atoms with E-state index < -0.39 is 0 Å². The summed E-state index contributed by atoms with van der Waals surface area (Å²) in [5.41, 5.74) is 0. The van der Waals surface area contributed by atoms with Crippen LogP contribution in [-0.2, 0) is 18.9 Å². The highest BCUT2D eigenvalue weighted by molar-refractivity contribution is 4.45. The van der Waals surface area contributed by atoms with Crippen molar-refractivity contribution in [1.29, 1.82) is 0 Å². The minimum Gasteiger partial charge on any atom is -0.382 e. The molecule has 0 aliphatic carbocycles. The second kappa shape index (κ2) is 17.8. The summed E-state index contributed by atoms with van der Waals surface area (Å²) in [7, 11) is 1.66. The van der Waals surface area contributed by atoms with Crippen LogP contribution in [0.25, 0.3) is 0 Å². The summed E-state index contributed by atoms with van der Waals surface area (Å²) in [6.45, 7) is 8.96.